The van der Waals surface area contributed by atoms with Crippen LogP contribution in [-0.4, -0.2) is 28.1 Å². The Balaban J connectivity index is 2.21. The van der Waals surface area contributed by atoms with E-state index in [1.165, 1.54) is 11.8 Å². The van der Waals surface area contributed by atoms with Gasteiger partial charge in [0.25, 0.3) is 0 Å². The van der Waals surface area contributed by atoms with Crippen molar-refractivity contribution in [1.29, 1.82) is 0 Å². The molecule has 0 amide bonds. The molecule has 0 unspecified atom stereocenters. The highest BCUT2D eigenvalue weighted by atomic mass is 32.2. The van der Waals surface area contributed by atoms with E-state index in [1.54, 1.807) is 7.11 Å². The van der Waals surface area contributed by atoms with Crippen LogP contribution in [0.25, 0.3) is 0 Å². The Hall–Kier alpha value is -1.69. The van der Waals surface area contributed by atoms with E-state index in [2.05, 4.69) is 10.2 Å². The highest BCUT2D eigenvalue weighted by Crippen LogP contribution is 2.18. The first kappa shape index (κ1) is 11.8. The van der Waals surface area contributed by atoms with Gasteiger partial charge in [0.1, 0.15) is 5.75 Å². The number of nitrogens with two attached hydrogens (primary N) is 1. The van der Waals surface area contributed by atoms with Crippen molar-refractivity contribution < 1.29 is 4.74 Å². The Morgan fingerprint density at radius 2 is 2.00 bits per heavy atom. The van der Waals surface area contributed by atoms with Gasteiger partial charge in [-0.2, -0.15) is 0 Å². The molecule has 17 heavy (non-hydrogen) atoms. The van der Waals surface area contributed by atoms with E-state index in [9.17, 15) is 0 Å². The predicted molar refractivity (Wildman–Crippen MR) is 68.3 cm³/mol. The van der Waals surface area contributed by atoms with Crippen LogP contribution in [0, 0.1) is 0 Å². The zero-order valence-corrected chi connectivity index (χ0v) is 10.6. The van der Waals surface area contributed by atoms with Crippen molar-refractivity contribution in [2.24, 2.45) is 0 Å². The lowest BCUT2D eigenvalue weighted by Gasteiger charge is -2.07. The van der Waals surface area contributed by atoms with Crippen LogP contribution in [0.2, 0.25) is 0 Å². The molecule has 0 radical (unpaired) electrons. The maximum Gasteiger partial charge on any atom is 0.222 e. The van der Waals surface area contributed by atoms with Gasteiger partial charge >= 0.3 is 0 Å². The first-order valence-corrected chi connectivity index (χ1v) is 6.32. The molecule has 1 aromatic carbocycles. The standard InChI is InChI=1S/C11H14N4OS/c1-16-9-5-3-8(4-6-9)7-15-10(12)13-14-11(15)17-2/h3-6H,7H2,1-2H3,(H2,12,13). The Morgan fingerprint density at radius 1 is 1.29 bits per heavy atom. The Bertz CT molecular complexity index is 495. The SMILES string of the molecule is COc1ccc(Cn2c(N)nnc2SC)cc1. The molecule has 2 rings (SSSR count). The number of benzene rings is 1. The average molecular weight is 250 g/mol. The number of ether oxygens (including phenoxy) is 1. The highest BCUT2D eigenvalue weighted by molar-refractivity contribution is 7.98. The molecular formula is C11H14N4OS. The number of nitrogen functional groups attached to an aromatic ring is 1. The van der Waals surface area contributed by atoms with Crippen LogP contribution in [-0.2, 0) is 6.54 Å². The molecule has 90 valence electrons. The zero-order valence-electron chi connectivity index (χ0n) is 9.75. The number of hydrogen-bond acceptors (Lipinski definition) is 5. The molecule has 5 nitrogen and oxygen atoms in total. The monoisotopic (exact) mass is 250 g/mol. The fourth-order valence-electron chi connectivity index (χ4n) is 1.51. The maximum absolute atomic E-state index is 5.77. The number of anilines is 1. The minimum absolute atomic E-state index is 0.435. The molecule has 0 spiro atoms. The van der Waals surface area contributed by atoms with Gasteiger partial charge in [-0.15, -0.1) is 10.2 Å². The molecule has 2 N–H and O–H groups in total. The van der Waals surface area contributed by atoms with Crippen molar-refractivity contribution in [3.63, 3.8) is 0 Å². The zero-order chi connectivity index (χ0) is 12.3. The molecular weight excluding hydrogens is 236 g/mol. The number of thioether (sulfide) groups is 1. The first-order valence-electron chi connectivity index (χ1n) is 5.10. The Morgan fingerprint density at radius 3 is 2.59 bits per heavy atom. The molecule has 0 aliphatic carbocycles. The second kappa shape index (κ2) is 5.09. The summed E-state index contributed by atoms with van der Waals surface area (Å²) in [6.07, 6.45) is 1.95. The van der Waals surface area contributed by atoms with Gasteiger partial charge in [-0.25, -0.2) is 0 Å². The quantitative estimate of drug-likeness (QED) is 0.836. The number of aromatic nitrogens is 3. The number of nitrogens with zero attached hydrogens (tertiary/aromatic N) is 3. The molecule has 0 saturated heterocycles. The normalized spacial score (nSPS) is 10.5. The largest absolute Gasteiger partial charge is 0.497 e. The van der Waals surface area contributed by atoms with Crippen LogP contribution in [0.4, 0.5) is 5.95 Å². The highest BCUT2D eigenvalue weighted by Gasteiger charge is 2.08. The summed E-state index contributed by atoms with van der Waals surface area (Å²) >= 11 is 1.53. The van der Waals surface area contributed by atoms with Crippen molar-refractivity contribution in [1.82, 2.24) is 14.8 Å². The molecule has 0 atom stereocenters. The summed E-state index contributed by atoms with van der Waals surface area (Å²) in [5.41, 5.74) is 6.90. The lowest BCUT2D eigenvalue weighted by molar-refractivity contribution is 0.414. The van der Waals surface area contributed by atoms with E-state index in [0.717, 1.165) is 16.5 Å². The second-order valence-electron chi connectivity index (χ2n) is 3.48. The average Bonchev–Trinajstić information content (AvgIpc) is 2.71. The van der Waals surface area contributed by atoms with Gasteiger partial charge in [-0.1, -0.05) is 23.9 Å². The van der Waals surface area contributed by atoms with Gasteiger partial charge in [-0.05, 0) is 24.0 Å². The van der Waals surface area contributed by atoms with E-state index in [-0.39, 0.29) is 0 Å². The van der Waals surface area contributed by atoms with Crippen LogP contribution in [0.3, 0.4) is 0 Å². The molecule has 1 aromatic heterocycles. The van der Waals surface area contributed by atoms with Gasteiger partial charge in [0.2, 0.25) is 5.95 Å². The molecule has 0 aliphatic heterocycles. The van der Waals surface area contributed by atoms with E-state index >= 15 is 0 Å². The van der Waals surface area contributed by atoms with Crippen molar-refractivity contribution in [2.75, 3.05) is 19.1 Å². The van der Waals surface area contributed by atoms with Gasteiger partial charge in [0.05, 0.1) is 13.7 Å². The minimum Gasteiger partial charge on any atom is -0.497 e. The summed E-state index contributed by atoms with van der Waals surface area (Å²) in [5.74, 6) is 1.28. The molecule has 2 aromatic rings. The number of rotatable bonds is 4. The predicted octanol–water partition coefficient (Wildman–Crippen LogP) is 1.64. The van der Waals surface area contributed by atoms with Crippen molar-refractivity contribution >= 4 is 17.7 Å². The lowest BCUT2D eigenvalue weighted by atomic mass is 10.2. The first-order chi connectivity index (χ1) is 8.24. The van der Waals surface area contributed by atoms with Gasteiger partial charge in [-0.3, -0.25) is 4.57 Å². The van der Waals surface area contributed by atoms with Crippen molar-refractivity contribution in [2.45, 2.75) is 11.7 Å². The summed E-state index contributed by atoms with van der Waals surface area (Å²) in [7, 11) is 1.65. The van der Waals surface area contributed by atoms with E-state index in [0.29, 0.717) is 12.5 Å². The summed E-state index contributed by atoms with van der Waals surface area (Å²) in [6, 6.07) is 7.86. The van der Waals surface area contributed by atoms with Crippen LogP contribution in [0.5, 0.6) is 5.75 Å². The Kier molecular flexibility index (Phi) is 3.53. The Labute approximate surface area is 104 Å². The maximum atomic E-state index is 5.77. The third-order valence-corrected chi connectivity index (χ3v) is 3.09. The summed E-state index contributed by atoms with van der Waals surface area (Å²) in [4.78, 5) is 0. The lowest BCUT2D eigenvalue weighted by Crippen LogP contribution is -2.05. The molecule has 1 heterocycles. The van der Waals surface area contributed by atoms with Crippen molar-refractivity contribution in [3.8, 4) is 5.75 Å². The summed E-state index contributed by atoms with van der Waals surface area (Å²) < 4.78 is 6.99. The molecule has 0 bridgehead atoms. The molecule has 6 heteroatoms. The van der Waals surface area contributed by atoms with Gasteiger partial charge in [0.15, 0.2) is 5.16 Å². The van der Waals surface area contributed by atoms with E-state index < -0.39 is 0 Å². The topological polar surface area (TPSA) is 66.0 Å². The smallest absolute Gasteiger partial charge is 0.222 e. The van der Waals surface area contributed by atoms with Crippen LogP contribution in [0.1, 0.15) is 5.56 Å². The van der Waals surface area contributed by atoms with E-state index in [4.69, 9.17) is 10.5 Å². The van der Waals surface area contributed by atoms with Crippen LogP contribution < -0.4 is 10.5 Å². The third kappa shape index (κ3) is 2.52. The van der Waals surface area contributed by atoms with Crippen LogP contribution in [0.15, 0.2) is 29.4 Å². The second-order valence-corrected chi connectivity index (χ2v) is 4.25. The van der Waals surface area contributed by atoms with E-state index in [1.807, 2.05) is 35.1 Å². The number of methoxy groups -OCH3 is 1. The third-order valence-electron chi connectivity index (χ3n) is 2.43. The fourth-order valence-corrected chi connectivity index (χ4v) is 2.01. The molecule has 0 aliphatic rings. The number of hydrogen-bond donors (Lipinski definition) is 1. The van der Waals surface area contributed by atoms with Crippen molar-refractivity contribution in [3.05, 3.63) is 29.8 Å². The summed E-state index contributed by atoms with van der Waals surface area (Å²) in [6.45, 7) is 0.666. The van der Waals surface area contributed by atoms with Crippen LogP contribution >= 0.6 is 11.8 Å². The minimum atomic E-state index is 0.435. The van der Waals surface area contributed by atoms with Gasteiger partial charge < -0.3 is 10.5 Å². The fraction of sp³-hybridized carbons (Fsp3) is 0.273. The summed E-state index contributed by atoms with van der Waals surface area (Å²) in [5, 5.41) is 8.67. The van der Waals surface area contributed by atoms with Gasteiger partial charge in [0, 0.05) is 0 Å². The molecule has 0 fully saturated rings. The molecule has 0 saturated carbocycles.